The van der Waals surface area contributed by atoms with E-state index < -0.39 is 11.6 Å². The minimum atomic E-state index is -0.832. The van der Waals surface area contributed by atoms with Crippen LogP contribution in [0.15, 0.2) is 18.2 Å². The highest BCUT2D eigenvalue weighted by atomic mass is 19.2. The van der Waals surface area contributed by atoms with E-state index in [1.165, 1.54) is 6.07 Å². The van der Waals surface area contributed by atoms with Crippen molar-refractivity contribution >= 4 is 11.6 Å². The van der Waals surface area contributed by atoms with Crippen LogP contribution in [0, 0.1) is 23.5 Å². The van der Waals surface area contributed by atoms with Gasteiger partial charge in [-0.25, -0.2) is 8.78 Å². The van der Waals surface area contributed by atoms with Gasteiger partial charge in [-0.05, 0) is 30.4 Å². The molecule has 6 heteroatoms. The van der Waals surface area contributed by atoms with Gasteiger partial charge in [-0.1, -0.05) is 13.8 Å². The highest BCUT2D eigenvalue weighted by molar-refractivity contribution is 5.75. The number of rotatable bonds is 8. The molecule has 134 valence electrons. The van der Waals surface area contributed by atoms with Crippen LogP contribution in [0.25, 0.3) is 0 Å². The second-order valence-electron chi connectivity index (χ2n) is 6.72. The molecule has 4 nitrogen and oxygen atoms in total. The van der Waals surface area contributed by atoms with Gasteiger partial charge in [0.1, 0.15) is 0 Å². The number of ether oxygens (including phenoxy) is 1. The molecule has 0 aromatic heterocycles. The molecule has 0 aliphatic carbocycles. The van der Waals surface area contributed by atoms with Crippen LogP contribution in [0.5, 0.6) is 0 Å². The summed E-state index contributed by atoms with van der Waals surface area (Å²) in [7, 11) is 0. The number of carbonyl (C=O) groups is 1. The average molecular weight is 340 g/mol. The molecule has 1 N–H and O–H groups in total. The van der Waals surface area contributed by atoms with E-state index in [0.717, 1.165) is 25.6 Å². The number of nitrogens with zero attached hydrogens (tertiary/aromatic N) is 1. The van der Waals surface area contributed by atoms with Gasteiger partial charge in [0.05, 0.1) is 6.61 Å². The van der Waals surface area contributed by atoms with Gasteiger partial charge in [0.2, 0.25) is 5.91 Å². The van der Waals surface area contributed by atoms with Gasteiger partial charge in [-0.15, -0.1) is 0 Å². The largest absolute Gasteiger partial charge is 0.381 e. The molecule has 1 aromatic carbocycles. The van der Waals surface area contributed by atoms with Gasteiger partial charge in [-0.3, -0.25) is 4.79 Å². The monoisotopic (exact) mass is 340 g/mol. The summed E-state index contributed by atoms with van der Waals surface area (Å²) in [5.74, 6) is -0.885. The van der Waals surface area contributed by atoms with Gasteiger partial charge in [0.25, 0.3) is 0 Å². The van der Waals surface area contributed by atoms with Crippen LogP contribution in [-0.2, 0) is 9.53 Å². The zero-order chi connectivity index (χ0) is 17.5. The number of hydrogen-bond donors (Lipinski definition) is 1. The van der Waals surface area contributed by atoms with Crippen molar-refractivity contribution in [2.45, 2.75) is 26.7 Å². The number of carbonyl (C=O) groups excluding carboxylic acids is 1. The quantitative estimate of drug-likeness (QED) is 0.740. The topological polar surface area (TPSA) is 41.6 Å². The Hall–Kier alpha value is -1.69. The molecule has 0 radical (unpaired) electrons. The molecule has 1 aromatic rings. The second kappa shape index (κ2) is 8.97. The first-order chi connectivity index (χ1) is 11.5. The molecule has 0 saturated carbocycles. The average Bonchev–Trinajstić information content (AvgIpc) is 3.01. The Morgan fingerprint density at radius 1 is 1.38 bits per heavy atom. The summed E-state index contributed by atoms with van der Waals surface area (Å²) in [4.78, 5) is 13.8. The Bertz CT molecular complexity index is 552. The molecule has 2 rings (SSSR count). The summed E-state index contributed by atoms with van der Waals surface area (Å²) in [5.41, 5.74) is 0.685. The lowest BCUT2D eigenvalue weighted by Gasteiger charge is -2.19. The Morgan fingerprint density at radius 3 is 2.88 bits per heavy atom. The number of anilines is 1. The predicted molar refractivity (Wildman–Crippen MR) is 90.0 cm³/mol. The normalized spacial score (nSPS) is 17.5. The highest BCUT2D eigenvalue weighted by Gasteiger charge is 2.23. The molecule has 1 fully saturated rings. The Balaban J connectivity index is 1.68. The Labute approximate surface area is 142 Å². The lowest BCUT2D eigenvalue weighted by atomic mass is 10.1. The Morgan fingerprint density at radius 2 is 2.17 bits per heavy atom. The van der Waals surface area contributed by atoms with Gasteiger partial charge in [0, 0.05) is 44.4 Å². The van der Waals surface area contributed by atoms with Crippen LogP contribution in [0.1, 0.15) is 26.7 Å². The first kappa shape index (κ1) is 18.6. The number of amides is 1. The number of benzene rings is 1. The van der Waals surface area contributed by atoms with Crippen molar-refractivity contribution in [2.24, 2.45) is 11.8 Å². The molecule has 1 atom stereocenters. The smallest absolute Gasteiger partial charge is 0.222 e. The zero-order valence-corrected chi connectivity index (χ0v) is 14.4. The van der Waals surface area contributed by atoms with Crippen molar-refractivity contribution in [3.63, 3.8) is 0 Å². The maximum atomic E-state index is 13.3. The molecule has 1 amide bonds. The number of hydrogen-bond acceptors (Lipinski definition) is 3. The predicted octanol–water partition coefficient (Wildman–Crippen LogP) is 2.97. The van der Waals surface area contributed by atoms with Crippen LogP contribution < -0.4 is 10.2 Å². The minimum absolute atomic E-state index is 0.00923. The van der Waals surface area contributed by atoms with Gasteiger partial charge < -0.3 is 15.0 Å². The van der Waals surface area contributed by atoms with E-state index in [4.69, 9.17) is 4.74 Å². The van der Waals surface area contributed by atoms with E-state index >= 15 is 0 Å². The molecule has 0 spiro atoms. The third-order valence-corrected chi connectivity index (χ3v) is 4.07. The highest BCUT2D eigenvalue weighted by Crippen LogP contribution is 2.24. The summed E-state index contributed by atoms with van der Waals surface area (Å²) in [5, 5.41) is 2.93. The molecule has 0 bridgehead atoms. The molecule has 0 unspecified atom stereocenters. The molecule has 1 aliphatic heterocycles. The van der Waals surface area contributed by atoms with Crippen LogP contribution in [0.3, 0.4) is 0 Å². The van der Waals surface area contributed by atoms with Crippen molar-refractivity contribution in [1.29, 1.82) is 0 Å². The fourth-order valence-corrected chi connectivity index (χ4v) is 2.75. The molecule has 24 heavy (non-hydrogen) atoms. The van der Waals surface area contributed by atoms with Crippen molar-refractivity contribution in [3.8, 4) is 0 Å². The van der Waals surface area contributed by atoms with Gasteiger partial charge >= 0.3 is 0 Å². The third-order valence-electron chi connectivity index (χ3n) is 4.07. The van der Waals surface area contributed by atoms with E-state index in [-0.39, 0.29) is 5.91 Å². The molecule has 1 aliphatic rings. The van der Waals surface area contributed by atoms with E-state index in [1.54, 1.807) is 6.07 Å². The van der Waals surface area contributed by atoms with E-state index in [9.17, 15) is 13.6 Å². The van der Waals surface area contributed by atoms with Crippen LogP contribution in [0.4, 0.5) is 14.5 Å². The van der Waals surface area contributed by atoms with Crippen molar-refractivity contribution < 1.29 is 18.3 Å². The third kappa shape index (κ3) is 5.74. The zero-order valence-electron chi connectivity index (χ0n) is 14.4. The maximum Gasteiger partial charge on any atom is 0.222 e. The summed E-state index contributed by atoms with van der Waals surface area (Å²) >= 11 is 0. The summed E-state index contributed by atoms with van der Waals surface area (Å²) < 4.78 is 31.7. The van der Waals surface area contributed by atoms with Crippen molar-refractivity contribution in [2.75, 3.05) is 37.7 Å². The lowest BCUT2D eigenvalue weighted by molar-refractivity contribution is -0.122. The standard InChI is InChI=1S/C18H26F2N2O2/c1-13(2)12-24-8-6-18(23)21-10-14-5-7-22(11-14)15-3-4-16(19)17(20)9-15/h3-4,9,13-14H,5-8,10-12H2,1-2H3,(H,21,23)/t14-/m0/s1. The van der Waals surface area contributed by atoms with E-state index in [0.29, 0.717) is 43.7 Å². The molecular weight excluding hydrogens is 314 g/mol. The van der Waals surface area contributed by atoms with Gasteiger partial charge in [-0.2, -0.15) is 0 Å². The van der Waals surface area contributed by atoms with E-state index in [2.05, 4.69) is 19.2 Å². The lowest BCUT2D eigenvalue weighted by Crippen LogP contribution is -2.31. The number of nitrogens with one attached hydrogen (secondary N) is 1. The first-order valence-electron chi connectivity index (χ1n) is 8.50. The van der Waals surface area contributed by atoms with Crippen LogP contribution in [0.2, 0.25) is 0 Å². The number of halogens is 2. The SMILES string of the molecule is CC(C)COCCC(=O)NC[C@@H]1CCN(c2ccc(F)c(F)c2)C1. The molecular formula is C18H26F2N2O2. The van der Waals surface area contributed by atoms with Crippen LogP contribution in [-0.4, -0.2) is 38.8 Å². The second-order valence-corrected chi connectivity index (χ2v) is 6.72. The Kier molecular flexibility index (Phi) is 6.97. The van der Waals surface area contributed by atoms with E-state index in [1.807, 2.05) is 4.90 Å². The van der Waals surface area contributed by atoms with Crippen molar-refractivity contribution in [1.82, 2.24) is 5.32 Å². The maximum absolute atomic E-state index is 13.3. The van der Waals surface area contributed by atoms with Crippen LogP contribution >= 0.6 is 0 Å². The first-order valence-corrected chi connectivity index (χ1v) is 8.50. The fraction of sp³-hybridized carbons (Fsp3) is 0.611. The summed E-state index contributed by atoms with van der Waals surface area (Å²) in [6.07, 6.45) is 1.29. The summed E-state index contributed by atoms with van der Waals surface area (Å²) in [6.45, 7) is 7.36. The summed E-state index contributed by atoms with van der Waals surface area (Å²) in [6, 6.07) is 3.96. The minimum Gasteiger partial charge on any atom is -0.381 e. The molecule has 1 saturated heterocycles. The van der Waals surface area contributed by atoms with Gasteiger partial charge in [0.15, 0.2) is 11.6 Å². The fourth-order valence-electron chi connectivity index (χ4n) is 2.75. The molecule has 1 heterocycles. The van der Waals surface area contributed by atoms with Crippen molar-refractivity contribution in [3.05, 3.63) is 29.8 Å².